The monoisotopic (exact) mass is 283 g/mol. The lowest BCUT2D eigenvalue weighted by molar-refractivity contribution is 0.0636. The minimum Gasteiger partial charge on any atom is -0.444 e. The summed E-state index contributed by atoms with van der Waals surface area (Å²) < 4.78 is 5.22. The van der Waals surface area contributed by atoms with E-state index in [0.29, 0.717) is 0 Å². The summed E-state index contributed by atoms with van der Waals surface area (Å²) in [6.45, 7) is 7.80. The molecule has 0 saturated heterocycles. The average molecular weight is 283 g/mol. The first-order valence-corrected chi connectivity index (χ1v) is 7.86. The van der Waals surface area contributed by atoms with Crippen LogP contribution in [0.4, 0.5) is 10.5 Å². The molecule has 0 radical (unpaired) electrons. The van der Waals surface area contributed by atoms with E-state index in [0.717, 1.165) is 12.1 Å². The van der Waals surface area contributed by atoms with Crippen molar-refractivity contribution in [1.82, 2.24) is 0 Å². The summed E-state index contributed by atoms with van der Waals surface area (Å²) in [5, 5.41) is 4.74. The Morgan fingerprint density at radius 2 is 2.05 bits per heavy atom. The van der Waals surface area contributed by atoms with E-state index < -0.39 is 5.60 Å². The van der Waals surface area contributed by atoms with Crippen LogP contribution in [0.25, 0.3) is 0 Å². The van der Waals surface area contributed by atoms with Crippen LogP contribution >= 0.6 is 11.3 Å². The van der Waals surface area contributed by atoms with Crippen molar-refractivity contribution in [3.05, 3.63) is 16.3 Å². The molecule has 0 aliphatic rings. The maximum absolute atomic E-state index is 11.6. The fourth-order valence-electron chi connectivity index (χ4n) is 1.72. The van der Waals surface area contributed by atoms with Gasteiger partial charge in [-0.3, -0.25) is 5.32 Å². The van der Waals surface area contributed by atoms with Crippen molar-refractivity contribution in [2.24, 2.45) is 0 Å². The molecule has 3 nitrogen and oxygen atoms in total. The van der Waals surface area contributed by atoms with Crippen molar-refractivity contribution in [3.63, 3.8) is 0 Å². The summed E-state index contributed by atoms with van der Waals surface area (Å²) in [6.07, 6.45) is 5.77. The van der Waals surface area contributed by atoms with Gasteiger partial charge in [-0.05, 0) is 39.7 Å². The number of aryl methyl sites for hydroxylation is 1. The van der Waals surface area contributed by atoms with Gasteiger partial charge in [0.05, 0.1) is 5.69 Å². The first-order chi connectivity index (χ1) is 8.90. The van der Waals surface area contributed by atoms with E-state index in [2.05, 4.69) is 12.2 Å². The summed E-state index contributed by atoms with van der Waals surface area (Å²) in [7, 11) is 0. The average Bonchev–Trinajstić information content (AvgIpc) is 2.69. The van der Waals surface area contributed by atoms with Gasteiger partial charge in [-0.2, -0.15) is 0 Å². The van der Waals surface area contributed by atoms with Crippen LogP contribution in [-0.4, -0.2) is 11.7 Å². The van der Waals surface area contributed by atoms with Gasteiger partial charge < -0.3 is 4.74 Å². The van der Waals surface area contributed by atoms with E-state index in [1.54, 1.807) is 11.3 Å². The van der Waals surface area contributed by atoms with Gasteiger partial charge >= 0.3 is 6.09 Å². The summed E-state index contributed by atoms with van der Waals surface area (Å²) >= 11 is 1.70. The number of carbonyl (C=O) groups is 1. The number of anilines is 1. The van der Waals surface area contributed by atoms with Crippen molar-refractivity contribution in [1.29, 1.82) is 0 Å². The summed E-state index contributed by atoms with van der Waals surface area (Å²) in [5.41, 5.74) is 0.382. The predicted molar refractivity (Wildman–Crippen MR) is 82.0 cm³/mol. The molecule has 0 unspecified atom stereocenters. The molecule has 1 amide bonds. The molecule has 0 aromatic carbocycles. The van der Waals surface area contributed by atoms with Gasteiger partial charge in [0.1, 0.15) is 5.60 Å². The molecule has 1 rings (SSSR count). The molecule has 0 bridgehead atoms. The van der Waals surface area contributed by atoms with Crippen LogP contribution in [0.2, 0.25) is 0 Å². The number of ether oxygens (including phenoxy) is 1. The molecule has 0 spiro atoms. The third-order valence-electron chi connectivity index (χ3n) is 2.58. The number of amides is 1. The predicted octanol–water partition coefficient (Wildman–Crippen LogP) is 5.22. The van der Waals surface area contributed by atoms with Crippen LogP contribution in [0.3, 0.4) is 0 Å². The topological polar surface area (TPSA) is 38.3 Å². The highest BCUT2D eigenvalue weighted by molar-refractivity contribution is 7.10. The van der Waals surface area contributed by atoms with E-state index in [1.165, 1.54) is 30.6 Å². The molecule has 0 atom stereocenters. The summed E-state index contributed by atoms with van der Waals surface area (Å²) in [6, 6.07) is 2.04. The molecule has 0 fully saturated rings. The van der Waals surface area contributed by atoms with Crippen molar-refractivity contribution in [2.75, 3.05) is 5.32 Å². The van der Waals surface area contributed by atoms with Crippen molar-refractivity contribution in [3.8, 4) is 0 Å². The SMILES string of the molecule is CCCCCCc1cc(NC(=O)OC(C)(C)C)cs1. The number of thiophene rings is 1. The quantitative estimate of drug-likeness (QED) is 0.727. The minimum absolute atomic E-state index is 0.386. The lowest BCUT2D eigenvalue weighted by Gasteiger charge is -2.19. The van der Waals surface area contributed by atoms with Crippen LogP contribution in [0, 0.1) is 0 Å². The number of carbonyl (C=O) groups excluding carboxylic acids is 1. The van der Waals surface area contributed by atoms with Crippen LogP contribution < -0.4 is 5.32 Å². The molecule has 0 aliphatic heterocycles. The lowest BCUT2D eigenvalue weighted by atomic mass is 10.1. The molecule has 4 heteroatoms. The van der Waals surface area contributed by atoms with Gasteiger partial charge in [-0.15, -0.1) is 11.3 Å². The number of hydrogen-bond donors (Lipinski definition) is 1. The zero-order valence-electron chi connectivity index (χ0n) is 12.4. The van der Waals surface area contributed by atoms with Crippen LogP contribution in [0.5, 0.6) is 0 Å². The molecule has 1 N–H and O–H groups in total. The van der Waals surface area contributed by atoms with Crippen molar-refractivity contribution < 1.29 is 9.53 Å². The Labute approximate surface area is 120 Å². The van der Waals surface area contributed by atoms with E-state index in [-0.39, 0.29) is 6.09 Å². The van der Waals surface area contributed by atoms with Gasteiger partial charge in [0.25, 0.3) is 0 Å². The standard InChI is InChI=1S/C15H25NO2S/c1-5-6-7-8-9-13-10-12(11-19-13)16-14(17)18-15(2,3)4/h10-11H,5-9H2,1-4H3,(H,16,17). The van der Waals surface area contributed by atoms with Crippen LogP contribution in [0.1, 0.15) is 58.3 Å². The van der Waals surface area contributed by atoms with Gasteiger partial charge in [-0.1, -0.05) is 26.2 Å². The van der Waals surface area contributed by atoms with E-state index in [4.69, 9.17) is 4.74 Å². The number of hydrogen-bond acceptors (Lipinski definition) is 3. The van der Waals surface area contributed by atoms with Crippen LogP contribution in [0.15, 0.2) is 11.4 Å². The first-order valence-electron chi connectivity index (χ1n) is 6.98. The third-order valence-corrected chi connectivity index (χ3v) is 3.57. The molecule has 1 heterocycles. The molecule has 0 saturated carbocycles. The first kappa shape index (κ1) is 16.0. The minimum atomic E-state index is -0.455. The highest BCUT2D eigenvalue weighted by atomic mass is 32.1. The summed E-state index contributed by atoms with van der Waals surface area (Å²) in [5.74, 6) is 0. The molecular formula is C15H25NO2S. The Bertz CT molecular complexity index is 393. The van der Waals surface area contributed by atoms with Crippen molar-refractivity contribution in [2.45, 2.75) is 65.4 Å². The Morgan fingerprint density at radius 1 is 1.32 bits per heavy atom. The van der Waals surface area contributed by atoms with Gasteiger partial charge in [0.2, 0.25) is 0 Å². The van der Waals surface area contributed by atoms with E-state index >= 15 is 0 Å². The number of unbranched alkanes of at least 4 members (excludes halogenated alkanes) is 3. The second-order valence-corrected chi connectivity index (χ2v) is 6.74. The molecular weight excluding hydrogens is 258 g/mol. The Balaban J connectivity index is 2.36. The highest BCUT2D eigenvalue weighted by Gasteiger charge is 2.16. The van der Waals surface area contributed by atoms with Gasteiger partial charge in [0.15, 0.2) is 0 Å². The largest absolute Gasteiger partial charge is 0.444 e. The zero-order chi connectivity index (χ0) is 14.3. The van der Waals surface area contributed by atoms with E-state index in [9.17, 15) is 4.79 Å². The van der Waals surface area contributed by atoms with Gasteiger partial charge in [0, 0.05) is 10.3 Å². The van der Waals surface area contributed by atoms with Crippen LogP contribution in [-0.2, 0) is 11.2 Å². The number of nitrogens with one attached hydrogen (secondary N) is 1. The van der Waals surface area contributed by atoms with Crippen molar-refractivity contribution >= 4 is 23.1 Å². The molecule has 0 aliphatic carbocycles. The Hall–Kier alpha value is -1.03. The molecule has 1 aromatic heterocycles. The molecule has 19 heavy (non-hydrogen) atoms. The molecule has 1 aromatic rings. The molecule has 108 valence electrons. The van der Waals surface area contributed by atoms with Gasteiger partial charge in [-0.25, -0.2) is 4.79 Å². The summed E-state index contributed by atoms with van der Waals surface area (Å²) in [4.78, 5) is 12.9. The fraction of sp³-hybridized carbons (Fsp3) is 0.667. The zero-order valence-corrected chi connectivity index (χ0v) is 13.2. The maximum Gasteiger partial charge on any atom is 0.412 e. The maximum atomic E-state index is 11.6. The second kappa shape index (κ2) is 7.53. The number of rotatable bonds is 6. The Kier molecular flexibility index (Phi) is 6.35. The van der Waals surface area contributed by atoms with E-state index in [1.807, 2.05) is 32.2 Å². The Morgan fingerprint density at radius 3 is 2.68 bits per heavy atom. The third kappa shape index (κ3) is 7.21. The lowest BCUT2D eigenvalue weighted by Crippen LogP contribution is -2.27. The second-order valence-electron chi connectivity index (χ2n) is 5.74. The smallest absolute Gasteiger partial charge is 0.412 e. The fourth-order valence-corrected chi connectivity index (χ4v) is 2.59. The normalized spacial score (nSPS) is 11.4. The highest BCUT2D eigenvalue weighted by Crippen LogP contribution is 2.22.